The second kappa shape index (κ2) is 4.86. The van der Waals surface area contributed by atoms with Gasteiger partial charge >= 0.3 is 0 Å². The average Bonchev–Trinajstić information content (AvgIpc) is 2.28. The van der Waals surface area contributed by atoms with Gasteiger partial charge in [0.15, 0.2) is 0 Å². The zero-order chi connectivity index (χ0) is 11.5. The van der Waals surface area contributed by atoms with Crippen molar-refractivity contribution in [2.75, 3.05) is 11.9 Å². The smallest absolute Gasteiger partial charge is 0.129 e. The van der Waals surface area contributed by atoms with Crippen LogP contribution in [0, 0.1) is 13.8 Å². The number of nitrogens with zero attached hydrogens (tertiary/aromatic N) is 2. The van der Waals surface area contributed by atoms with Crippen molar-refractivity contribution in [3.8, 4) is 0 Å². The number of anilines is 1. The number of rotatable bonds is 2. The van der Waals surface area contributed by atoms with Crippen LogP contribution in [0.5, 0.6) is 0 Å². The Morgan fingerprint density at radius 3 is 2.44 bits per heavy atom. The summed E-state index contributed by atoms with van der Waals surface area (Å²) in [5, 5.41) is 0. The van der Waals surface area contributed by atoms with Crippen LogP contribution in [0.3, 0.4) is 0 Å². The van der Waals surface area contributed by atoms with Crippen LogP contribution in [0.15, 0.2) is 12.1 Å². The normalized spacial score (nSPS) is 17.4. The van der Waals surface area contributed by atoms with Crippen LogP contribution in [0.2, 0.25) is 0 Å². The molecule has 0 aromatic carbocycles. The Kier molecular flexibility index (Phi) is 3.47. The highest BCUT2D eigenvalue weighted by molar-refractivity contribution is 5.42. The van der Waals surface area contributed by atoms with Crippen molar-refractivity contribution in [1.29, 1.82) is 0 Å². The lowest BCUT2D eigenvalue weighted by Crippen LogP contribution is -2.34. The predicted octanol–water partition coefficient (Wildman–Crippen LogP) is 3.47. The Bertz CT molecular complexity index is 334. The van der Waals surface area contributed by atoms with Crippen LogP contribution in [-0.2, 0) is 0 Å². The summed E-state index contributed by atoms with van der Waals surface area (Å²) in [5.41, 5.74) is 2.43. The molecular weight excluding hydrogens is 196 g/mol. The van der Waals surface area contributed by atoms with Crippen molar-refractivity contribution in [3.63, 3.8) is 0 Å². The summed E-state index contributed by atoms with van der Waals surface area (Å²) in [7, 11) is 2.19. The van der Waals surface area contributed by atoms with E-state index in [4.69, 9.17) is 0 Å². The monoisotopic (exact) mass is 218 g/mol. The molecule has 0 N–H and O–H groups in total. The summed E-state index contributed by atoms with van der Waals surface area (Å²) in [6.45, 7) is 4.22. The fourth-order valence-corrected chi connectivity index (χ4v) is 2.66. The lowest BCUT2D eigenvalue weighted by atomic mass is 9.94. The van der Waals surface area contributed by atoms with E-state index in [0.717, 1.165) is 11.5 Å². The second-order valence-corrected chi connectivity index (χ2v) is 5.05. The Morgan fingerprint density at radius 2 is 1.81 bits per heavy atom. The minimum atomic E-state index is 0.697. The van der Waals surface area contributed by atoms with Crippen molar-refractivity contribution in [3.05, 3.63) is 23.4 Å². The summed E-state index contributed by atoms with van der Waals surface area (Å²) in [6.07, 6.45) is 6.81. The van der Waals surface area contributed by atoms with E-state index in [1.54, 1.807) is 0 Å². The molecule has 1 aromatic heterocycles. The predicted molar refractivity (Wildman–Crippen MR) is 69.0 cm³/mol. The molecule has 16 heavy (non-hydrogen) atoms. The number of hydrogen-bond donors (Lipinski definition) is 0. The molecule has 2 rings (SSSR count). The van der Waals surface area contributed by atoms with Gasteiger partial charge in [-0.2, -0.15) is 0 Å². The van der Waals surface area contributed by atoms with Gasteiger partial charge < -0.3 is 4.90 Å². The molecule has 88 valence electrons. The highest BCUT2D eigenvalue weighted by Gasteiger charge is 2.19. The molecule has 0 amide bonds. The zero-order valence-corrected chi connectivity index (χ0v) is 10.7. The molecule has 1 aliphatic rings. The highest BCUT2D eigenvalue weighted by atomic mass is 15.2. The van der Waals surface area contributed by atoms with Crippen molar-refractivity contribution < 1.29 is 0 Å². The minimum Gasteiger partial charge on any atom is -0.357 e. The summed E-state index contributed by atoms with van der Waals surface area (Å²) < 4.78 is 0. The molecule has 2 heteroatoms. The Balaban J connectivity index is 2.15. The van der Waals surface area contributed by atoms with E-state index < -0.39 is 0 Å². The molecule has 1 fully saturated rings. The van der Waals surface area contributed by atoms with Gasteiger partial charge in [0.25, 0.3) is 0 Å². The highest BCUT2D eigenvalue weighted by Crippen LogP contribution is 2.25. The fourth-order valence-electron chi connectivity index (χ4n) is 2.66. The molecule has 1 saturated carbocycles. The molecule has 0 unspecified atom stereocenters. The van der Waals surface area contributed by atoms with Crippen LogP contribution >= 0.6 is 0 Å². The van der Waals surface area contributed by atoms with E-state index in [-0.39, 0.29) is 0 Å². The number of pyridine rings is 1. The quantitative estimate of drug-likeness (QED) is 0.755. The SMILES string of the molecule is Cc1cc(C)nc(N(C)C2CCCCC2)c1. The van der Waals surface area contributed by atoms with Gasteiger partial charge in [-0.05, 0) is 44.4 Å². The van der Waals surface area contributed by atoms with Crippen LogP contribution in [0.1, 0.15) is 43.4 Å². The topological polar surface area (TPSA) is 16.1 Å². The Morgan fingerprint density at radius 1 is 1.12 bits per heavy atom. The van der Waals surface area contributed by atoms with Crippen LogP contribution < -0.4 is 4.90 Å². The van der Waals surface area contributed by atoms with Crippen molar-refractivity contribution in [2.24, 2.45) is 0 Å². The molecule has 1 aliphatic carbocycles. The first-order chi connectivity index (χ1) is 7.66. The number of aryl methyl sites for hydroxylation is 2. The van der Waals surface area contributed by atoms with Gasteiger partial charge in [0, 0.05) is 18.8 Å². The van der Waals surface area contributed by atoms with Crippen molar-refractivity contribution >= 4 is 5.82 Å². The molecule has 0 saturated heterocycles. The van der Waals surface area contributed by atoms with E-state index in [0.29, 0.717) is 6.04 Å². The van der Waals surface area contributed by atoms with Gasteiger partial charge in [-0.1, -0.05) is 19.3 Å². The maximum Gasteiger partial charge on any atom is 0.129 e. The first-order valence-corrected chi connectivity index (χ1v) is 6.35. The molecule has 0 spiro atoms. The van der Waals surface area contributed by atoms with Gasteiger partial charge in [0.2, 0.25) is 0 Å². The summed E-state index contributed by atoms with van der Waals surface area (Å²) >= 11 is 0. The van der Waals surface area contributed by atoms with Gasteiger partial charge in [0.1, 0.15) is 5.82 Å². The Labute approximate surface area is 98.7 Å². The fraction of sp³-hybridized carbons (Fsp3) is 0.643. The molecule has 0 radical (unpaired) electrons. The second-order valence-electron chi connectivity index (χ2n) is 5.05. The third-order valence-electron chi connectivity index (χ3n) is 3.57. The van der Waals surface area contributed by atoms with E-state index in [1.165, 1.54) is 37.7 Å². The summed E-state index contributed by atoms with van der Waals surface area (Å²) in [5.74, 6) is 1.14. The van der Waals surface area contributed by atoms with E-state index in [9.17, 15) is 0 Å². The van der Waals surface area contributed by atoms with Gasteiger partial charge in [-0.25, -0.2) is 4.98 Å². The first kappa shape index (κ1) is 11.4. The van der Waals surface area contributed by atoms with E-state index in [2.05, 4.69) is 42.9 Å². The van der Waals surface area contributed by atoms with Crippen molar-refractivity contribution in [1.82, 2.24) is 4.98 Å². The van der Waals surface area contributed by atoms with Crippen LogP contribution in [-0.4, -0.2) is 18.1 Å². The third-order valence-corrected chi connectivity index (χ3v) is 3.57. The van der Waals surface area contributed by atoms with Gasteiger partial charge in [-0.3, -0.25) is 0 Å². The lowest BCUT2D eigenvalue weighted by molar-refractivity contribution is 0.426. The summed E-state index contributed by atoms with van der Waals surface area (Å²) in [6, 6.07) is 5.03. The van der Waals surface area contributed by atoms with Gasteiger partial charge in [0.05, 0.1) is 0 Å². The molecular formula is C14H22N2. The molecule has 0 bridgehead atoms. The van der Waals surface area contributed by atoms with E-state index in [1.807, 2.05) is 0 Å². The largest absolute Gasteiger partial charge is 0.357 e. The van der Waals surface area contributed by atoms with Crippen LogP contribution in [0.4, 0.5) is 5.82 Å². The standard InChI is InChI=1S/C14H22N2/c1-11-9-12(2)15-14(10-11)16(3)13-7-5-4-6-8-13/h9-10,13H,4-8H2,1-3H3. The lowest BCUT2D eigenvalue weighted by Gasteiger charge is -2.32. The molecule has 0 aliphatic heterocycles. The molecule has 1 heterocycles. The van der Waals surface area contributed by atoms with Crippen molar-refractivity contribution in [2.45, 2.75) is 52.0 Å². The maximum atomic E-state index is 4.64. The number of hydrogen-bond acceptors (Lipinski definition) is 2. The summed E-state index contributed by atoms with van der Waals surface area (Å²) in [4.78, 5) is 7.01. The molecule has 0 atom stereocenters. The first-order valence-electron chi connectivity index (χ1n) is 6.35. The maximum absolute atomic E-state index is 4.64. The van der Waals surface area contributed by atoms with Gasteiger partial charge in [-0.15, -0.1) is 0 Å². The average molecular weight is 218 g/mol. The number of aromatic nitrogens is 1. The molecule has 2 nitrogen and oxygen atoms in total. The van der Waals surface area contributed by atoms with Crippen LogP contribution in [0.25, 0.3) is 0 Å². The minimum absolute atomic E-state index is 0.697. The molecule has 1 aromatic rings. The Hall–Kier alpha value is -1.05. The third kappa shape index (κ3) is 2.55. The van der Waals surface area contributed by atoms with E-state index >= 15 is 0 Å². The zero-order valence-electron chi connectivity index (χ0n) is 10.7.